The van der Waals surface area contributed by atoms with Crippen LogP contribution in [0.4, 0.5) is 11.4 Å². The Morgan fingerprint density at radius 2 is 1.75 bits per heavy atom. The standard InChI is InChI=1S/C16H17BrN2O/c1-9-7-12(17)4-5-13(9)16(20)19-15-8-14(18)10(2)6-11(15)3/h4-8H,18H2,1-3H3,(H,19,20). The van der Waals surface area contributed by atoms with E-state index in [1.54, 1.807) is 6.07 Å². The molecule has 2 rings (SSSR count). The molecule has 0 radical (unpaired) electrons. The van der Waals surface area contributed by atoms with Crippen molar-refractivity contribution in [2.24, 2.45) is 0 Å². The van der Waals surface area contributed by atoms with Crippen LogP contribution < -0.4 is 11.1 Å². The van der Waals surface area contributed by atoms with Gasteiger partial charge in [-0.3, -0.25) is 4.79 Å². The molecule has 0 spiro atoms. The molecule has 0 aromatic heterocycles. The van der Waals surface area contributed by atoms with E-state index in [0.717, 1.165) is 26.9 Å². The molecule has 0 bridgehead atoms. The van der Waals surface area contributed by atoms with Crippen molar-refractivity contribution in [3.63, 3.8) is 0 Å². The summed E-state index contributed by atoms with van der Waals surface area (Å²) in [6.45, 7) is 5.82. The Balaban J connectivity index is 2.30. The van der Waals surface area contributed by atoms with Gasteiger partial charge in [-0.25, -0.2) is 0 Å². The topological polar surface area (TPSA) is 55.1 Å². The maximum atomic E-state index is 12.3. The Bertz CT molecular complexity index is 680. The lowest BCUT2D eigenvalue weighted by Gasteiger charge is -2.12. The summed E-state index contributed by atoms with van der Waals surface area (Å²) < 4.78 is 0.960. The van der Waals surface area contributed by atoms with Crippen LogP contribution in [-0.2, 0) is 0 Å². The molecular formula is C16H17BrN2O. The number of nitrogen functional groups attached to an aromatic ring is 1. The number of benzene rings is 2. The van der Waals surface area contributed by atoms with Gasteiger partial charge < -0.3 is 11.1 Å². The highest BCUT2D eigenvalue weighted by molar-refractivity contribution is 9.10. The molecule has 20 heavy (non-hydrogen) atoms. The third kappa shape index (κ3) is 3.02. The fraction of sp³-hybridized carbons (Fsp3) is 0.188. The summed E-state index contributed by atoms with van der Waals surface area (Å²) in [5, 5.41) is 2.92. The third-order valence-electron chi connectivity index (χ3n) is 3.29. The average Bonchev–Trinajstić information content (AvgIpc) is 2.35. The Morgan fingerprint density at radius 1 is 1.05 bits per heavy atom. The lowest BCUT2D eigenvalue weighted by molar-refractivity contribution is 0.102. The van der Waals surface area contributed by atoms with Gasteiger partial charge in [-0.05, 0) is 61.7 Å². The molecule has 3 N–H and O–H groups in total. The Kier molecular flexibility index (Phi) is 4.14. The number of nitrogens with two attached hydrogens (primary N) is 1. The van der Waals surface area contributed by atoms with Gasteiger partial charge in [0.25, 0.3) is 5.91 Å². The van der Waals surface area contributed by atoms with Crippen LogP contribution in [0.2, 0.25) is 0 Å². The zero-order valence-electron chi connectivity index (χ0n) is 11.8. The molecule has 0 heterocycles. The first-order valence-corrected chi connectivity index (χ1v) is 7.12. The van der Waals surface area contributed by atoms with Crippen LogP contribution in [0.25, 0.3) is 0 Å². The number of aryl methyl sites for hydroxylation is 3. The van der Waals surface area contributed by atoms with E-state index in [1.807, 2.05) is 45.0 Å². The van der Waals surface area contributed by atoms with Gasteiger partial charge in [0.05, 0.1) is 0 Å². The van der Waals surface area contributed by atoms with Crippen molar-refractivity contribution in [1.29, 1.82) is 0 Å². The Labute approximate surface area is 127 Å². The molecule has 0 saturated carbocycles. The molecular weight excluding hydrogens is 316 g/mol. The zero-order valence-corrected chi connectivity index (χ0v) is 13.3. The molecule has 4 heteroatoms. The van der Waals surface area contributed by atoms with E-state index in [2.05, 4.69) is 21.2 Å². The molecule has 0 aliphatic carbocycles. The smallest absolute Gasteiger partial charge is 0.255 e. The average molecular weight is 333 g/mol. The van der Waals surface area contributed by atoms with Gasteiger partial charge in [-0.2, -0.15) is 0 Å². The molecule has 2 aromatic rings. The molecule has 0 saturated heterocycles. The molecule has 1 amide bonds. The van der Waals surface area contributed by atoms with Crippen molar-refractivity contribution in [2.75, 3.05) is 11.1 Å². The van der Waals surface area contributed by atoms with E-state index in [9.17, 15) is 4.79 Å². The number of anilines is 2. The number of hydrogen-bond donors (Lipinski definition) is 2. The van der Waals surface area contributed by atoms with Gasteiger partial charge in [0, 0.05) is 21.4 Å². The number of carbonyl (C=O) groups is 1. The lowest BCUT2D eigenvalue weighted by atomic mass is 10.1. The summed E-state index contributed by atoms with van der Waals surface area (Å²) in [6, 6.07) is 9.36. The fourth-order valence-electron chi connectivity index (χ4n) is 2.08. The molecule has 0 fully saturated rings. The van der Waals surface area contributed by atoms with Crippen LogP contribution in [0, 0.1) is 20.8 Å². The molecule has 104 valence electrons. The first-order chi connectivity index (χ1) is 9.38. The van der Waals surface area contributed by atoms with Gasteiger partial charge >= 0.3 is 0 Å². The summed E-state index contributed by atoms with van der Waals surface area (Å²) in [7, 11) is 0. The number of amides is 1. The fourth-order valence-corrected chi connectivity index (χ4v) is 2.55. The van der Waals surface area contributed by atoms with E-state index >= 15 is 0 Å². The van der Waals surface area contributed by atoms with Crippen LogP contribution in [-0.4, -0.2) is 5.91 Å². The predicted molar refractivity (Wildman–Crippen MR) is 87.2 cm³/mol. The van der Waals surface area contributed by atoms with Crippen molar-refractivity contribution < 1.29 is 4.79 Å². The van der Waals surface area contributed by atoms with Gasteiger partial charge in [0.1, 0.15) is 0 Å². The van der Waals surface area contributed by atoms with Gasteiger partial charge in [-0.1, -0.05) is 22.0 Å². The Morgan fingerprint density at radius 3 is 2.40 bits per heavy atom. The molecule has 3 nitrogen and oxygen atoms in total. The first kappa shape index (κ1) is 14.6. The zero-order chi connectivity index (χ0) is 14.9. The van der Waals surface area contributed by atoms with E-state index in [4.69, 9.17) is 5.73 Å². The van der Waals surface area contributed by atoms with Crippen molar-refractivity contribution in [2.45, 2.75) is 20.8 Å². The van der Waals surface area contributed by atoms with Crippen LogP contribution in [0.5, 0.6) is 0 Å². The minimum atomic E-state index is -0.124. The number of hydrogen-bond acceptors (Lipinski definition) is 2. The Hall–Kier alpha value is -1.81. The minimum Gasteiger partial charge on any atom is -0.398 e. The van der Waals surface area contributed by atoms with Crippen LogP contribution in [0.15, 0.2) is 34.8 Å². The minimum absolute atomic E-state index is 0.124. The first-order valence-electron chi connectivity index (χ1n) is 6.32. The molecule has 0 atom stereocenters. The van der Waals surface area contributed by atoms with Crippen molar-refractivity contribution in [1.82, 2.24) is 0 Å². The number of halogens is 1. The van der Waals surface area contributed by atoms with Gasteiger partial charge in [0.15, 0.2) is 0 Å². The molecule has 0 aliphatic rings. The highest BCUT2D eigenvalue weighted by Gasteiger charge is 2.11. The number of rotatable bonds is 2. The molecule has 2 aromatic carbocycles. The second-order valence-electron chi connectivity index (χ2n) is 4.94. The van der Waals surface area contributed by atoms with E-state index in [0.29, 0.717) is 11.3 Å². The van der Waals surface area contributed by atoms with E-state index in [1.165, 1.54) is 0 Å². The van der Waals surface area contributed by atoms with E-state index < -0.39 is 0 Å². The molecule has 0 unspecified atom stereocenters. The maximum absolute atomic E-state index is 12.3. The normalized spacial score (nSPS) is 10.4. The quantitative estimate of drug-likeness (QED) is 0.809. The molecule has 0 aliphatic heterocycles. The van der Waals surface area contributed by atoms with Gasteiger partial charge in [-0.15, -0.1) is 0 Å². The van der Waals surface area contributed by atoms with Crippen LogP contribution >= 0.6 is 15.9 Å². The predicted octanol–water partition coefficient (Wildman–Crippen LogP) is 4.21. The second-order valence-corrected chi connectivity index (χ2v) is 5.85. The number of carbonyl (C=O) groups excluding carboxylic acids is 1. The largest absolute Gasteiger partial charge is 0.398 e. The van der Waals surface area contributed by atoms with Gasteiger partial charge in [0.2, 0.25) is 0 Å². The SMILES string of the molecule is Cc1cc(C)c(NC(=O)c2ccc(Br)cc2C)cc1N. The summed E-state index contributed by atoms with van der Waals surface area (Å²) >= 11 is 3.39. The summed E-state index contributed by atoms with van der Waals surface area (Å²) in [4.78, 5) is 12.3. The van der Waals surface area contributed by atoms with Crippen LogP contribution in [0.1, 0.15) is 27.0 Å². The maximum Gasteiger partial charge on any atom is 0.255 e. The summed E-state index contributed by atoms with van der Waals surface area (Å²) in [6.07, 6.45) is 0. The lowest BCUT2D eigenvalue weighted by Crippen LogP contribution is -2.14. The van der Waals surface area contributed by atoms with Crippen molar-refractivity contribution >= 4 is 33.2 Å². The third-order valence-corrected chi connectivity index (χ3v) is 3.79. The van der Waals surface area contributed by atoms with Crippen molar-refractivity contribution in [3.8, 4) is 0 Å². The summed E-state index contributed by atoms with van der Waals surface area (Å²) in [5.74, 6) is -0.124. The van der Waals surface area contributed by atoms with Crippen molar-refractivity contribution in [3.05, 3.63) is 57.1 Å². The summed E-state index contributed by atoms with van der Waals surface area (Å²) in [5.41, 5.74) is 10.9. The second kappa shape index (κ2) is 5.67. The highest BCUT2D eigenvalue weighted by atomic mass is 79.9. The number of nitrogens with one attached hydrogen (secondary N) is 1. The highest BCUT2D eigenvalue weighted by Crippen LogP contribution is 2.23. The monoisotopic (exact) mass is 332 g/mol. The van der Waals surface area contributed by atoms with E-state index in [-0.39, 0.29) is 5.91 Å². The van der Waals surface area contributed by atoms with Crippen LogP contribution in [0.3, 0.4) is 0 Å².